The lowest BCUT2D eigenvalue weighted by Crippen LogP contribution is -2.46. The quantitative estimate of drug-likeness (QED) is 0.459. The number of rotatable bonds is 6. The third-order valence-electron chi connectivity index (χ3n) is 5.74. The molecule has 4 rings (SSSR count). The maximum atomic E-state index is 12.7. The Kier molecular flexibility index (Phi) is 6.28. The average molecular weight is 482 g/mol. The summed E-state index contributed by atoms with van der Waals surface area (Å²) in [6, 6.07) is 1.98. The van der Waals surface area contributed by atoms with Gasteiger partial charge in [-0.15, -0.1) is 0 Å². The van der Waals surface area contributed by atoms with Crippen molar-refractivity contribution in [3.63, 3.8) is 0 Å². The number of hydrogen-bond donors (Lipinski definition) is 2. The van der Waals surface area contributed by atoms with Crippen molar-refractivity contribution < 1.29 is 18.0 Å². The Morgan fingerprint density at radius 3 is 2.51 bits per heavy atom. The summed E-state index contributed by atoms with van der Waals surface area (Å²) in [5.41, 5.74) is 1.87. The molecule has 4 heterocycles. The monoisotopic (exact) mass is 482 g/mol. The van der Waals surface area contributed by atoms with Gasteiger partial charge in [0.05, 0.1) is 42.0 Å². The minimum Gasteiger partial charge on any atom is -0.350 e. The van der Waals surface area contributed by atoms with E-state index in [4.69, 9.17) is 0 Å². The molecule has 9 nitrogen and oxygen atoms in total. The normalized spacial score (nSPS) is 16.1. The van der Waals surface area contributed by atoms with E-state index in [1.807, 2.05) is 42.4 Å². The van der Waals surface area contributed by atoms with Crippen LogP contribution in [0.1, 0.15) is 29.4 Å². The number of fused-ring (bicyclic) bond motifs is 1. The lowest BCUT2D eigenvalue weighted by atomic mass is 9.41. The maximum absolute atomic E-state index is 12.7. The van der Waals surface area contributed by atoms with Crippen LogP contribution < -0.4 is 15.5 Å². The third kappa shape index (κ3) is 5.28. The molecule has 0 saturated heterocycles. The number of alkyl halides is 3. The molecule has 3 aromatic rings. The molecule has 0 bridgehead atoms. The van der Waals surface area contributed by atoms with Gasteiger partial charge in [0, 0.05) is 31.5 Å². The highest BCUT2D eigenvalue weighted by Gasteiger charge is 2.34. The van der Waals surface area contributed by atoms with Crippen molar-refractivity contribution in [2.45, 2.75) is 37.3 Å². The van der Waals surface area contributed by atoms with E-state index in [2.05, 4.69) is 30.7 Å². The van der Waals surface area contributed by atoms with Gasteiger partial charge in [0.2, 0.25) is 11.9 Å². The molecule has 3 aromatic heterocycles. The van der Waals surface area contributed by atoms with Gasteiger partial charge >= 0.3 is 6.18 Å². The van der Waals surface area contributed by atoms with E-state index in [1.54, 1.807) is 17.1 Å². The number of likely N-dealkylation sites (N-methyl/N-ethyl adjacent to an activating group) is 1. The van der Waals surface area contributed by atoms with Crippen LogP contribution in [0.5, 0.6) is 0 Å². The number of carbonyl (C=O) groups is 1. The van der Waals surface area contributed by atoms with Crippen molar-refractivity contribution >= 4 is 46.9 Å². The highest BCUT2D eigenvalue weighted by Crippen LogP contribution is 2.35. The molecule has 0 spiro atoms. The molecule has 1 atom stereocenters. The SMILES string of the molecule is BC(B)(B)c1nc(NCc2cnn(Cc3ccc(C(F)(F)F)nc3)c2)nc2c1NC(=O)[C@H](C)N2C. The standard InChI is InChI=1S/C20H24B3F3N8O/c1-10-17(35)30-14-15(19(21,22)23)31-18(32-16(14)33(10)2)28-6-12-7-29-34(9-12)8-11-3-4-13(27-5-11)20(24,25)26/h3-5,7,9-10H,6,8,21-23H2,1-2H3,(H,30,35)(H,28,31,32)/t10-/m0/s1. The van der Waals surface area contributed by atoms with Crippen LogP contribution in [-0.4, -0.2) is 67.3 Å². The van der Waals surface area contributed by atoms with Gasteiger partial charge in [0.25, 0.3) is 0 Å². The summed E-state index contributed by atoms with van der Waals surface area (Å²) in [4.78, 5) is 27.0. The zero-order chi connectivity index (χ0) is 25.5. The number of anilines is 3. The van der Waals surface area contributed by atoms with Crippen LogP contribution in [0.2, 0.25) is 0 Å². The lowest BCUT2D eigenvalue weighted by Gasteiger charge is -2.35. The predicted octanol–water partition coefficient (Wildman–Crippen LogP) is -0.466. The van der Waals surface area contributed by atoms with Gasteiger partial charge in [0.15, 0.2) is 5.82 Å². The molecule has 0 saturated carbocycles. The van der Waals surface area contributed by atoms with Gasteiger partial charge in [-0.1, -0.05) is 11.2 Å². The fourth-order valence-electron chi connectivity index (χ4n) is 3.67. The van der Waals surface area contributed by atoms with Crippen molar-refractivity contribution in [2.24, 2.45) is 0 Å². The fraction of sp³-hybridized carbons (Fsp3) is 0.350. The van der Waals surface area contributed by atoms with Crippen LogP contribution in [0.3, 0.4) is 0 Å². The molecular weight excluding hydrogens is 458 g/mol. The topological polar surface area (TPSA) is 101 Å². The Bertz CT molecular complexity index is 1240. The van der Waals surface area contributed by atoms with Gasteiger partial charge in [0.1, 0.15) is 17.4 Å². The molecule has 0 aliphatic carbocycles. The van der Waals surface area contributed by atoms with Crippen molar-refractivity contribution in [3.8, 4) is 0 Å². The van der Waals surface area contributed by atoms with Gasteiger partial charge in [-0.3, -0.25) is 14.5 Å². The zero-order valence-corrected chi connectivity index (χ0v) is 20.1. The third-order valence-corrected chi connectivity index (χ3v) is 5.74. The number of halogens is 3. The van der Waals surface area contributed by atoms with E-state index < -0.39 is 11.9 Å². The first-order valence-electron chi connectivity index (χ1n) is 11.1. The van der Waals surface area contributed by atoms with Crippen LogP contribution in [-0.2, 0) is 29.2 Å². The molecule has 1 aliphatic heterocycles. The fourth-order valence-corrected chi connectivity index (χ4v) is 3.67. The minimum atomic E-state index is -4.47. The number of nitrogens with zero attached hydrogens (tertiary/aromatic N) is 6. The second-order valence-corrected chi connectivity index (χ2v) is 9.57. The molecule has 0 radical (unpaired) electrons. The number of hydrogen-bond acceptors (Lipinski definition) is 7. The first kappa shape index (κ1) is 24.6. The van der Waals surface area contributed by atoms with Crippen molar-refractivity contribution in [3.05, 3.63) is 53.2 Å². The molecular formula is C20H24B3F3N8O. The number of aromatic nitrogens is 5. The van der Waals surface area contributed by atoms with Crippen LogP contribution in [0.25, 0.3) is 0 Å². The number of nitrogens with one attached hydrogen (secondary N) is 2. The summed E-state index contributed by atoms with van der Waals surface area (Å²) in [7, 11) is 7.88. The molecule has 35 heavy (non-hydrogen) atoms. The highest BCUT2D eigenvalue weighted by atomic mass is 19.4. The van der Waals surface area contributed by atoms with Crippen molar-refractivity contribution in [1.29, 1.82) is 0 Å². The summed E-state index contributed by atoms with van der Waals surface area (Å²) >= 11 is 0. The van der Waals surface area contributed by atoms with E-state index >= 15 is 0 Å². The summed E-state index contributed by atoms with van der Waals surface area (Å²) < 4.78 is 39.7. The van der Waals surface area contributed by atoms with Gasteiger partial charge < -0.3 is 15.5 Å². The molecule has 0 fully saturated rings. The zero-order valence-electron chi connectivity index (χ0n) is 20.1. The van der Waals surface area contributed by atoms with Crippen LogP contribution in [0, 0.1) is 0 Å². The second-order valence-electron chi connectivity index (χ2n) is 9.57. The Labute approximate surface area is 203 Å². The first-order chi connectivity index (χ1) is 16.3. The van der Waals surface area contributed by atoms with Crippen LogP contribution in [0.4, 0.5) is 30.6 Å². The number of carbonyl (C=O) groups excluding carboxylic acids is 1. The van der Waals surface area contributed by atoms with Crippen LogP contribution in [0.15, 0.2) is 30.7 Å². The summed E-state index contributed by atoms with van der Waals surface area (Å²) in [6.07, 6.45) is 0.199. The van der Waals surface area contributed by atoms with Gasteiger partial charge in [-0.25, -0.2) is 4.98 Å². The lowest BCUT2D eigenvalue weighted by molar-refractivity contribution is -0.141. The number of pyridine rings is 1. The molecule has 15 heteroatoms. The van der Waals surface area contributed by atoms with Gasteiger partial charge in [-0.05, 0) is 18.6 Å². The predicted molar refractivity (Wildman–Crippen MR) is 134 cm³/mol. The Morgan fingerprint density at radius 1 is 1.14 bits per heavy atom. The van der Waals surface area contributed by atoms with Crippen molar-refractivity contribution in [2.75, 3.05) is 22.6 Å². The second kappa shape index (κ2) is 8.93. The molecule has 1 aliphatic rings. The first-order valence-corrected chi connectivity index (χ1v) is 11.1. The molecule has 180 valence electrons. The van der Waals surface area contributed by atoms with Crippen LogP contribution >= 0.6 is 0 Å². The van der Waals surface area contributed by atoms with E-state index in [1.165, 1.54) is 12.3 Å². The largest absolute Gasteiger partial charge is 0.433 e. The Hall–Kier alpha value is -3.51. The summed E-state index contributed by atoms with van der Waals surface area (Å²) in [5.74, 6) is 0.957. The van der Waals surface area contributed by atoms with E-state index in [0.717, 1.165) is 17.3 Å². The Morgan fingerprint density at radius 2 is 1.89 bits per heavy atom. The highest BCUT2D eigenvalue weighted by molar-refractivity contribution is 6.59. The average Bonchev–Trinajstić information content (AvgIpc) is 3.22. The van der Waals surface area contributed by atoms with Crippen molar-refractivity contribution in [1.82, 2.24) is 24.7 Å². The molecule has 0 unspecified atom stereocenters. The molecule has 0 aromatic carbocycles. The minimum absolute atomic E-state index is 0.106. The summed E-state index contributed by atoms with van der Waals surface area (Å²) in [6.45, 7) is 2.49. The Balaban J connectivity index is 1.49. The molecule has 2 N–H and O–H groups in total. The smallest absolute Gasteiger partial charge is 0.350 e. The maximum Gasteiger partial charge on any atom is 0.433 e. The van der Waals surface area contributed by atoms with E-state index in [9.17, 15) is 18.0 Å². The summed E-state index contributed by atoms with van der Waals surface area (Å²) in [5, 5.41) is 10.1. The van der Waals surface area contributed by atoms with E-state index in [0.29, 0.717) is 29.6 Å². The van der Waals surface area contributed by atoms with Gasteiger partial charge in [-0.2, -0.15) is 23.3 Å². The number of amides is 1. The molecule has 1 amide bonds. The van der Waals surface area contributed by atoms with E-state index in [-0.39, 0.29) is 23.6 Å².